The van der Waals surface area contributed by atoms with E-state index in [0.717, 1.165) is 11.1 Å². The molecule has 0 bridgehead atoms. The third-order valence-electron chi connectivity index (χ3n) is 3.78. The molecule has 0 aliphatic heterocycles. The molecule has 0 N–H and O–H groups in total. The lowest BCUT2D eigenvalue weighted by Crippen LogP contribution is -2.33. The van der Waals surface area contributed by atoms with Gasteiger partial charge in [0.2, 0.25) is 0 Å². The molecule has 0 saturated carbocycles. The maximum absolute atomic E-state index is 12.4. The van der Waals surface area contributed by atoms with Gasteiger partial charge in [0.05, 0.1) is 5.41 Å². The Morgan fingerprint density at radius 1 is 1.00 bits per heavy atom. The summed E-state index contributed by atoms with van der Waals surface area (Å²) >= 11 is 0. The molecule has 2 aromatic carbocycles. The minimum Gasteiger partial charge on any atom is -0.460 e. The van der Waals surface area contributed by atoms with Gasteiger partial charge in [-0.15, -0.1) is 0 Å². The smallest absolute Gasteiger partial charge is 0.316 e. The molecule has 0 spiro atoms. The highest BCUT2D eigenvalue weighted by molar-refractivity contribution is 5.82. The summed E-state index contributed by atoms with van der Waals surface area (Å²) in [6.45, 7) is 4.27. The average molecular weight is 268 g/mol. The molecule has 0 aromatic heterocycles. The molecular formula is C18H20O2. The van der Waals surface area contributed by atoms with Crippen LogP contribution in [0.4, 0.5) is 0 Å². The van der Waals surface area contributed by atoms with Gasteiger partial charge < -0.3 is 4.74 Å². The molecule has 0 amide bonds. The molecule has 2 rings (SSSR count). The van der Waals surface area contributed by atoms with Crippen LogP contribution >= 0.6 is 0 Å². The van der Waals surface area contributed by atoms with Gasteiger partial charge in [-0.1, -0.05) is 67.6 Å². The van der Waals surface area contributed by atoms with Crippen LogP contribution in [0.3, 0.4) is 0 Å². The van der Waals surface area contributed by atoms with Crippen LogP contribution in [-0.4, -0.2) is 5.97 Å². The third-order valence-corrected chi connectivity index (χ3v) is 3.78. The summed E-state index contributed by atoms with van der Waals surface area (Å²) in [6, 6.07) is 19.6. The second-order valence-electron chi connectivity index (χ2n) is 5.11. The highest BCUT2D eigenvalue weighted by Crippen LogP contribution is 2.29. The Morgan fingerprint density at radius 2 is 1.55 bits per heavy atom. The Bertz CT molecular complexity index is 548. The number of esters is 1. The van der Waals surface area contributed by atoms with Crippen LogP contribution in [0, 0.1) is 0 Å². The van der Waals surface area contributed by atoms with Crippen molar-refractivity contribution in [1.82, 2.24) is 0 Å². The minimum absolute atomic E-state index is 0.171. The normalized spacial score (nSPS) is 13.5. The van der Waals surface area contributed by atoms with Crippen LogP contribution in [0.1, 0.15) is 31.4 Å². The van der Waals surface area contributed by atoms with E-state index in [1.165, 1.54) is 0 Å². The summed E-state index contributed by atoms with van der Waals surface area (Å²) in [5, 5.41) is 0. The predicted molar refractivity (Wildman–Crippen MR) is 80.3 cm³/mol. The molecule has 1 atom stereocenters. The fourth-order valence-electron chi connectivity index (χ4n) is 2.15. The Labute approximate surface area is 120 Å². The molecule has 0 fully saturated rings. The van der Waals surface area contributed by atoms with Crippen molar-refractivity contribution in [2.75, 3.05) is 0 Å². The number of hydrogen-bond donors (Lipinski definition) is 0. The first kappa shape index (κ1) is 14.3. The highest BCUT2D eigenvalue weighted by atomic mass is 16.5. The first-order chi connectivity index (χ1) is 9.66. The largest absolute Gasteiger partial charge is 0.460 e. The molecule has 1 unspecified atom stereocenters. The van der Waals surface area contributed by atoms with Crippen molar-refractivity contribution in [2.24, 2.45) is 0 Å². The van der Waals surface area contributed by atoms with E-state index in [1.54, 1.807) is 0 Å². The van der Waals surface area contributed by atoms with E-state index in [-0.39, 0.29) is 5.97 Å². The fraction of sp³-hybridized carbons (Fsp3) is 0.278. The monoisotopic (exact) mass is 268 g/mol. The zero-order valence-corrected chi connectivity index (χ0v) is 12.0. The van der Waals surface area contributed by atoms with Crippen LogP contribution in [0.15, 0.2) is 60.7 Å². The van der Waals surface area contributed by atoms with Crippen molar-refractivity contribution in [2.45, 2.75) is 32.3 Å². The summed E-state index contributed by atoms with van der Waals surface area (Å²) in [5.41, 5.74) is 1.42. The third kappa shape index (κ3) is 3.08. The highest BCUT2D eigenvalue weighted by Gasteiger charge is 2.34. The second kappa shape index (κ2) is 6.38. The first-order valence-corrected chi connectivity index (χ1v) is 6.93. The maximum atomic E-state index is 12.4. The van der Waals surface area contributed by atoms with E-state index in [4.69, 9.17) is 4.74 Å². The molecule has 0 saturated heterocycles. The van der Waals surface area contributed by atoms with Gasteiger partial charge in [-0.05, 0) is 24.5 Å². The number of hydrogen-bond acceptors (Lipinski definition) is 2. The number of benzene rings is 2. The van der Waals surface area contributed by atoms with Crippen LogP contribution in [-0.2, 0) is 21.6 Å². The van der Waals surface area contributed by atoms with Crippen molar-refractivity contribution in [3.05, 3.63) is 71.8 Å². The Balaban J connectivity index is 2.10. The van der Waals surface area contributed by atoms with Crippen molar-refractivity contribution in [3.8, 4) is 0 Å². The maximum Gasteiger partial charge on any atom is 0.316 e. The van der Waals surface area contributed by atoms with Gasteiger partial charge in [-0.2, -0.15) is 0 Å². The van der Waals surface area contributed by atoms with E-state index >= 15 is 0 Å². The van der Waals surface area contributed by atoms with Crippen LogP contribution in [0.2, 0.25) is 0 Å². The molecule has 0 aliphatic rings. The zero-order valence-electron chi connectivity index (χ0n) is 12.0. The van der Waals surface area contributed by atoms with Gasteiger partial charge in [0, 0.05) is 0 Å². The van der Waals surface area contributed by atoms with E-state index in [9.17, 15) is 4.79 Å². The lowest BCUT2D eigenvalue weighted by Gasteiger charge is -2.26. The van der Waals surface area contributed by atoms with Gasteiger partial charge in [0.1, 0.15) is 6.61 Å². The topological polar surface area (TPSA) is 26.3 Å². The number of rotatable bonds is 5. The summed E-state index contributed by atoms with van der Waals surface area (Å²) in [5.74, 6) is -0.171. The lowest BCUT2D eigenvalue weighted by molar-refractivity contribution is -0.151. The van der Waals surface area contributed by atoms with E-state index in [0.29, 0.717) is 13.0 Å². The van der Waals surface area contributed by atoms with E-state index in [2.05, 4.69) is 0 Å². The molecule has 0 aliphatic carbocycles. The Morgan fingerprint density at radius 3 is 2.10 bits per heavy atom. The van der Waals surface area contributed by atoms with Gasteiger partial charge in [-0.3, -0.25) is 4.79 Å². The predicted octanol–water partition coefficient (Wildman–Crippen LogP) is 4.10. The number of carbonyl (C=O) groups excluding carboxylic acids is 1. The second-order valence-corrected chi connectivity index (χ2v) is 5.11. The molecule has 0 radical (unpaired) electrons. The molecule has 2 aromatic rings. The van der Waals surface area contributed by atoms with Crippen LogP contribution in [0.5, 0.6) is 0 Å². The molecule has 2 nitrogen and oxygen atoms in total. The van der Waals surface area contributed by atoms with Crippen molar-refractivity contribution < 1.29 is 9.53 Å². The molecule has 20 heavy (non-hydrogen) atoms. The molecule has 0 heterocycles. The molecule has 104 valence electrons. The summed E-state index contributed by atoms with van der Waals surface area (Å²) in [7, 11) is 0. The van der Waals surface area contributed by atoms with Crippen molar-refractivity contribution in [3.63, 3.8) is 0 Å². The quantitative estimate of drug-likeness (QED) is 0.763. The first-order valence-electron chi connectivity index (χ1n) is 6.93. The van der Waals surface area contributed by atoms with Crippen LogP contribution < -0.4 is 0 Å². The zero-order chi connectivity index (χ0) is 14.4. The van der Waals surface area contributed by atoms with Gasteiger partial charge in [0.25, 0.3) is 0 Å². The summed E-state index contributed by atoms with van der Waals surface area (Å²) in [6.07, 6.45) is 0.713. The van der Waals surface area contributed by atoms with Gasteiger partial charge in [0.15, 0.2) is 0 Å². The average Bonchev–Trinajstić information content (AvgIpc) is 2.53. The fourth-order valence-corrected chi connectivity index (χ4v) is 2.15. The Hall–Kier alpha value is -2.09. The number of carbonyl (C=O) groups is 1. The molecule has 2 heteroatoms. The lowest BCUT2D eigenvalue weighted by atomic mass is 9.80. The SMILES string of the molecule is CCC(C)(C(=O)OCc1ccccc1)c1ccccc1. The summed E-state index contributed by atoms with van der Waals surface area (Å²) in [4.78, 5) is 12.4. The van der Waals surface area contributed by atoms with Crippen molar-refractivity contribution in [1.29, 1.82) is 0 Å². The minimum atomic E-state index is -0.587. The number of ether oxygens (including phenoxy) is 1. The van der Waals surface area contributed by atoms with Crippen LogP contribution in [0.25, 0.3) is 0 Å². The van der Waals surface area contributed by atoms with E-state index < -0.39 is 5.41 Å². The van der Waals surface area contributed by atoms with Gasteiger partial charge in [-0.25, -0.2) is 0 Å². The summed E-state index contributed by atoms with van der Waals surface area (Å²) < 4.78 is 5.50. The Kier molecular flexibility index (Phi) is 4.57. The molecular weight excluding hydrogens is 248 g/mol. The van der Waals surface area contributed by atoms with Crippen molar-refractivity contribution >= 4 is 5.97 Å². The van der Waals surface area contributed by atoms with E-state index in [1.807, 2.05) is 74.5 Å². The van der Waals surface area contributed by atoms with Gasteiger partial charge >= 0.3 is 5.97 Å². The standard InChI is InChI=1S/C18H20O2/c1-3-18(2,16-12-8-5-9-13-16)17(19)20-14-15-10-6-4-7-11-15/h4-13H,3,14H2,1-2H3.